The Labute approximate surface area is 176 Å². The molecule has 9 nitrogen and oxygen atoms in total. The highest BCUT2D eigenvalue weighted by molar-refractivity contribution is 7.13. The minimum absolute atomic E-state index is 0.123. The predicted molar refractivity (Wildman–Crippen MR) is 110 cm³/mol. The van der Waals surface area contributed by atoms with E-state index in [1.54, 1.807) is 36.4 Å². The Hall–Kier alpha value is -3.53. The lowest BCUT2D eigenvalue weighted by molar-refractivity contribution is -0.132. The summed E-state index contributed by atoms with van der Waals surface area (Å²) in [7, 11) is 1.79. The molecule has 3 aromatic rings. The largest absolute Gasteiger partial charge is 0.344 e. The zero-order valence-corrected chi connectivity index (χ0v) is 17.3. The Morgan fingerprint density at radius 2 is 2.03 bits per heavy atom. The molecule has 1 saturated heterocycles. The fraction of sp³-hybridized carbons (Fsp3) is 0.250. The number of amides is 4. The van der Waals surface area contributed by atoms with Crippen molar-refractivity contribution in [1.29, 1.82) is 0 Å². The molecular weight excluding hydrogens is 404 g/mol. The van der Waals surface area contributed by atoms with Crippen molar-refractivity contribution < 1.29 is 14.4 Å². The number of rotatable bonds is 6. The molecule has 0 bridgehead atoms. The van der Waals surface area contributed by atoms with E-state index in [4.69, 9.17) is 0 Å². The molecule has 3 heterocycles. The van der Waals surface area contributed by atoms with Gasteiger partial charge in [0.15, 0.2) is 0 Å². The summed E-state index contributed by atoms with van der Waals surface area (Å²) in [6.07, 6.45) is 4.47. The van der Waals surface area contributed by atoms with Crippen molar-refractivity contribution in [1.82, 2.24) is 30.5 Å². The van der Waals surface area contributed by atoms with Crippen LogP contribution < -0.4 is 10.7 Å². The van der Waals surface area contributed by atoms with Crippen LogP contribution in [0, 0.1) is 0 Å². The summed E-state index contributed by atoms with van der Waals surface area (Å²) < 4.78 is 1.64. The lowest BCUT2D eigenvalue weighted by Crippen LogP contribution is -2.49. The normalized spacial score (nSPS) is 18.5. The lowest BCUT2D eigenvalue weighted by atomic mass is 9.93. The molecule has 1 atom stereocenters. The van der Waals surface area contributed by atoms with E-state index in [1.165, 1.54) is 11.3 Å². The second-order valence-electron chi connectivity index (χ2n) is 7.27. The third-order valence-corrected chi connectivity index (χ3v) is 5.81. The Morgan fingerprint density at radius 3 is 2.73 bits per heavy atom. The molecule has 2 N–H and O–H groups in total. The summed E-state index contributed by atoms with van der Waals surface area (Å²) >= 11 is 1.28. The summed E-state index contributed by atoms with van der Waals surface area (Å²) in [5.74, 6) is -1.13. The minimum Gasteiger partial charge on any atom is -0.322 e. The second kappa shape index (κ2) is 7.71. The van der Waals surface area contributed by atoms with Gasteiger partial charge in [-0.1, -0.05) is 30.3 Å². The van der Waals surface area contributed by atoms with Gasteiger partial charge in [-0.15, -0.1) is 11.3 Å². The molecule has 4 amide bonds. The Bertz CT molecular complexity index is 1110. The molecule has 1 aromatic carbocycles. The first-order chi connectivity index (χ1) is 14.4. The van der Waals surface area contributed by atoms with Crippen LogP contribution in [0.25, 0.3) is 10.6 Å². The maximum absolute atomic E-state index is 12.9. The molecule has 0 aliphatic carbocycles. The Morgan fingerprint density at radius 1 is 1.27 bits per heavy atom. The number of aromatic nitrogens is 3. The van der Waals surface area contributed by atoms with E-state index in [0.717, 1.165) is 16.1 Å². The zero-order chi connectivity index (χ0) is 21.3. The highest BCUT2D eigenvalue weighted by Gasteiger charge is 2.48. The second-order valence-corrected chi connectivity index (χ2v) is 8.13. The molecule has 0 spiro atoms. The van der Waals surface area contributed by atoms with Crippen LogP contribution in [0.2, 0.25) is 0 Å². The summed E-state index contributed by atoms with van der Waals surface area (Å²) in [6.45, 7) is 1.66. The van der Waals surface area contributed by atoms with Crippen LogP contribution in [0.3, 0.4) is 0 Å². The molecular formula is C20H20N6O3S. The summed E-state index contributed by atoms with van der Waals surface area (Å²) in [4.78, 5) is 42.1. The number of thiazole rings is 1. The van der Waals surface area contributed by atoms with Crippen molar-refractivity contribution in [2.24, 2.45) is 7.05 Å². The van der Waals surface area contributed by atoms with Crippen LogP contribution in [0.1, 0.15) is 29.4 Å². The van der Waals surface area contributed by atoms with E-state index in [2.05, 4.69) is 20.8 Å². The van der Waals surface area contributed by atoms with E-state index >= 15 is 0 Å². The number of hydrazine groups is 1. The fourth-order valence-electron chi connectivity index (χ4n) is 3.20. The Kier molecular flexibility index (Phi) is 5.08. The number of imide groups is 1. The monoisotopic (exact) mass is 424 g/mol. The topological polar surface area (TPSA) is 109 Å². The van der Waals surface area contributed by atoms with E-state index in [0.29, 0.717) is 17.8 Å². The van der Waals surface area contributed by atoms with E-state index < -0.39 is 23.4 Å². The highest BCUT2D eigenvalue weighted by Crippen LogP contribution is 2.24. The SMILES string of the molecule is Cn1cc(-c2nc(C(=O)NN3C(=O)NC(C)(CCc4ccccc4)C3=O)cs2)cn1. The number of hydrogen-bond donors (Lipinski definition) is 2. The number of carbonyl (C=O) groups is 3. The number of urea groups is 1. The highest BCUT2D eigenvalue weighted by atomic mass is 32.1. The van der Waals surface area contributed by atoms with Crippen molar-refractivity contribution in [3.63, 3.8) is 0 Å². The first-order valence-electron chi connectivity index (χ1n) is 9.32. The van der Waals surface area contributed by atoms with Crippen molar-refractivity contribution in [3.8, 4) is 10.6 Å². The molecule has 0 saturated carbocycles. The number of hydrogen-bond acceptors (Lipinski definition) is 6. The van der Waals surface area contributed by atoms with Gasteiger partial charge in [0.1, 0.15) is 16.2 Å². The van der Waals surface area contributed by atoms with E-state index in [1.807, 2.05) is 30.3 Å². The Balaban J connectivity index is 1.43. The number of aryl methyl sites for hydroxylation is 2. The quantitative estimate of drug-likeness (QED) is 0.589. The third kappa shape index (κ3) is 3.81. The summed E-state index contributed by atoms with van der Waals surface area (Å²) in [5, 5.41) is 9.70. The first-order valence-corrected chi connectivity index (χ1v) is 10.2. The molecule has 10 heteroatoms. The molecule has 1 aliphatic rings. The number of carbonyl (C=O) groups excluding carboxylic acids is 3. The summed E-state index contributed by atoms with van der Waals surface area (Å²) in [6, 6.07) is 9.04. The average Bonchev–Trinajstić information content (AvgIpc) is 3.43. The first kappa shape index (κ1) is 19.8. The molecule has 2 aromatic heterocycles. The van der Waals surface area contributed by atoms with Gasteiger partial charge in [-0.25, -0.2) is 9.78 Å². The molecule has 0 radical (unpaired) electrons. The van der Waals surface area contributed by atoms with Gasteiger partial charge in [0.25, 0.3) is 11.8 Å². The standard InChI is InChI=1S/C20H20N6O3S/c1-20(9-8-13-6-4-3-5-7-13)18(28)26(19(29)23-20)24-16(27)15-12-30-17(22-15)14-10-21-25(2)11-14/h3-7,10-12H,8-9H2,1-2H3,(H,23,29)(H,24,27). The van der Waals surface area contributed by atoms with Crippen LogP contribution in [0.15, 0.2) is 48.1 Å². The number of nitrogens with zero attached hydrogens (tertiary/aromatic N) is 4. The van der Waals surface area contributed by atoms with Crippen LogP contribution >= 0.6 is 11.3 Å². The van der Waals surface area contributed by atoms with Gasteiger partial charge >= 0.3 is 6.03 Å². The molecule has 1 aliphatic heterocycles. The third-order valence-electron chi connectivity index (χ3n) is 4.92. The van der Waals surface area contributed by atoms with Gasteiger partial charge in [-0.05, 0) is 25.3 Å². The van der Waals surface area contributed by atoms with Gasteiger partial charge in [0, 0.05) is 24.2 Å². The van der Waals surface area contributed by atoms with Crippen molar-refractivity contribution in [2.75, 3.05) is 0 Å². The molecule has 154 valence electrons. The number of benzene rings is 1. The minimum atomic E-state index is -1.09. The van der Waals surface area contributed by atoms with Gasteiger partial charge in [-0.3, -0.25) is 19.7 Å². The van der Waals surface area contributed by atoms with Crippen molar-refractivity contribution in [2.45, 2.75) is 25.3 Å². The van der Waals surface area contributed by atoms with Crippen LogP contribution in [-0.4, -0.2) is 43.2 Å². The van der Waals surface area contributed by atoms with Crippen molar-refractivity contribution >= 4 is 29.2 Å². The van der Waals surface area contributed by atoms with Gasteiger partial charge < -0.3 is 5.32 Å². The smallest absolute Gasteiger partial charge is 0.322 e. The van der Waals surface area contributed by atoms with Gasteiger partial charge in [0.05, 0.1) is 6.20 Å². The van der Waals surface area contributed by atoms with Crippen LogP contribution in [0.5, 0.6) is 0 Å². The van der Waals surface area contributed by atoms with E-state index in [-0.39, 0.29) is 5.69 Å². The molecule has 30 heavy (non-hydrogen) atoms. The lowest BCUT2D eigenvalue weighted by Gasteiger charge is -2.21. The summed E-state index contributed by atoms with van der Waals surface area (Å²) in [5.41, 5.74) is 3.25. The van der Waals surface area contributed by atoms with Gasteiger partial charge in [0.2, 0.25) is 0 Å². The maximum Gasteiger partial charge on any atom is 0.344 e. The number of nitrogens with one attached hydrogen (secondary N) is 2. The van der Waals surface area contributed by atoms with Crippen LogP contribution in [-0.2, 0) is 18.3 Å². The van der Waals surface area contributed by atoms with Gasteiger partial charge in [-0.2, -0.15) is 10.1 Å². The predicted octanol–water partition coefficient (Wildman–Crippen LogP) is 2.13. The molecule has 1 unspecified atom stereocenters. The zero-order valence-electron chi connectivity index (χ0n) is 16.5. The molecule has 1 fully saturated rings. The average molecular weight is 424 g/mol. The van der Waals surface area contributed by atoms with Crippen molar-refractivity contribution in [3.05, 3.63) is 59.4 Å². The maximum atomic E-state index is 12.9. The molecule has 4 rings (SSSR count). The van der Waals surface area contributed by atoms with E-state index in [9.17, 15) is 14.4 Å². The fourth-order valence-corrected chi connectivity index (χ4v) is 3.97. The van der Waals surface area contributed by atoms with Crippen LogP contribution in [0.4, 0.5) is 4.79 Å².